The summed E-state index contributed by atoms with van der Waals surface area (Å²) < 4.78 is 5.76. The molecule has 0 unspecified atom stereocenters. The van der Waals surface area contributed by atoms with Crippen LogP contribution in [-0.2, 0) is 11.2 Å². The summed E-state index contributed by atoms with van der Waals surface area (Å²) in [5, 5.41) is 6.26. The van der Waals surface area contributed by atoms with E-state index >= 15 is 0 Å². The average Bonchev–Trinajstić information content (AvgIpc) is 3.30. The van der Waals surface area contributed by atoms with Crippen LogP contribution in [0.15, 0.2) is 30.6 Å². The number of carbonyl (C=O) groups is 2. The number of hydrogen-bond acceptors (Lipinski definition) is 5. The predicted octanol–water partition coefficient (Wildman–Crippen LogP) is 0.0928. The standard InChI is InChI=1S/C16H17N5O3/c22-15(13-9-11-3-1-2-4-12(11)24-13)20-5-7-21(8-6-20)16(23)14-17-10-18-19-14/h1-4,10,13H,5-9H2,(H,17,18,19)/t13-/m0/s1. The fourth-order valence-electron chi connectivity index (χ4n) is 3.11. The zero-order valence-corrected chi connectivity index (χ0v) is 13.0. The lowest BCUT2D eigenvalue weighted by molar-refractivity contribution is -0.139. The molecule has 2 aliphatic rings. The normalized spacial score (nSPS) is 19.8. The third-order valence-electron chi connectivity index (χ3n) is 4.42. The molecule has 2 aromatic rings. The predicted molar refractivity (Wildman–Crippen MR) is 83.4 cm³/mol. The molecule has 1 saturated heterocycles. The summed E-state index contributed by atoms with van der Waals surface area (Å²) in [5.41, 5.74) is 1.06. The topological polar surface area (TPSA) is 91.4 Å². The average molecular weight is 327 g/mol. The molecule has 0 radical (unpaired) electrons. The van der Waals surface area contributed by atoms with E-state index in [9.17, 15) is 9.59 Å². The zero-order chi connectivity index (χ0) is 16.5. The second kappa shape index (κ2) is 5.95. The highest BCUT2D eigenvalue weighted by atomic mass is 16.5. The van der Waals surface area contributed by atoms with Crippen molar-refractivity contribution in [3.05, 3.63) is 42.0 Å². The number of carbonyl (C=O) groups excluding carboxylic acids is 2. The number of rotatable bonds is 2. The molecule has 8 nitrogen and oxygen atoms in total. The number of piperazine rings is 1. The molecule has 1 fully saturated rings. The second-order valence-corrected chi connectivity index (χ2v) is 5.87. The second-order valence-electron chi connectivity index (χ2n) is 5.87. The van der Waals surface area contributed by atoms with Gasteiger partial charge in [-0.3, -0.25) is 14.7 Å². The monoisotopic (exact) mass is 327 g/mol. The molecular weight excluding hydrogens is 310 g/mol. The van der Waals surface area contributed by atoms with Crippen LogP contribution in [0.4, 0.5) is 0 Å². The molecule has 8 heteroatoms. The Kier molecular flexibility index (Phi) is 3.64. The highest BCUT2D eigenvalue weighted by Crippen LogP contribution is 2.29. The van der Waals surface area contributed by atoms with E-state index in [0.717, 1.165) is 11.3 Å². The molecular formula is C16H17N5O3. The number of hydrogen-bond donors (Lipinski definition) is 1. The van der Waals surface area contributed by atoms with Gasteiger partial charge >= 0.3 is 0 Å². The van der Waals surface area contributed by atoms with Crippen molar-refractivity contribution in [1.29, 1.82) is 0 Å². The lowest BCUT2D eigenvalue weighted by atomic mass is 10.1. The third kappa shape index (κ3) is 2.60. The van der Waals surface area contributed by atoms with Crippen molar-refractivity contribution in [1.82, 2.24) is 25.0 Å². The van der Waals surface area contributed by atoms with Crippen LogP contribution in [0.1, 0.15) is 16.2 Å². The van der Waals surface area contributed by atoms with Gasteiger partial charge in [-0.2, -0.15) is 5.10 Å². The number of H-pyrrole nitrogens is 1. The number of benzene rings is 1. The highest BCUT2D eigenvalue weighted by molar-refractivity contribution is 5.90. The smallest absolute Gasteiger partial charge is 0.291 e. The Balaban J connectivity index is 1.35. The number of nitrogens with zero attached hydrogens (tertiary/aromatic N) is 4. The third-order valence-corrected chi connectivity index (χ3v) is 4.42. The van der Waals surface area contributed by atoms with E-state index in [1.807, 2.05) is 24.3 Å². The van der Waals surface area contributed by atoms with Crippen LogP contribution in [0.25, 0.3) is 0 Å². The highest BCUT2D eigenvalue weighted by Gasteiger charge is 2.34. The number of para-hydroxylation sites is 1. The quantitative estimate of drug-likeness (QED) is 0.844. The maximum absolute atomic E-state index is 12.6. The Morgan fingerprint density at radius 3 is 2.58 bits per heavy atom. The molecule has 0 saturated carbocycles. The molecule has 1 aromatic heterocycles. The summed E-state index contributed by atoms with van der Waals surface area (Å²) in [6, 6.07) is 7.72. The lowest BCUT2D eigenvalue weighted by Crippen LogP contribution is -2.53. The first-order valence-corrected chi connectivity index (χ1v) is 7.90. The number of ether oxygens (including phenoxy) is 1. The van der Waals surface area contributed by atoms with Crippen LogP contribution in [0.2, 0.25) is 0 Å². The van der Waals surface area contributed by atoms with Crippen LogP contribution in [0, 0.1) is 0 Å². The van der Waals surface area contributed by atoms with Gasteiger partial charge < -0.3 is 14.5 Å². The van der Waals surface area contributed by atoms with Gasteiger partial charge in [-0.1, -0.05) is 18.2 Å². The van der Waals surface area contributed by atoms with Crippen molar-refractivity contribution in [2.75, 3.05) is 26.2 Å². The van der Waals surface area contributed by atoms with Gasteiger partial charge in [0.2, 0.25) is 5.82 Å². The van der Waals surface area contributed by atoms with Gasteiger partial charge in [-0.25, -0.2) is 4.98 Å². The zero-order valence-electron chi connectivity index (χ0n) is 13.0. The fraction of sp³-hybridized carbons (Fsp3) is 0.375. The van der Waals surface area contributed by atoms with Gasteiger partial charge in [0.1, 0.15) is 12.1 Å². The summed E-state index contributed by atoms with van der Waals surface area (Å²) in [5.74, 6) is 0.807. The number of fused-ring (bicyclic) bond motifs is 1. The Morgan fingerprint density at radius 2 is 1.88 bits per heavy atom. The van der Waals surface area contributed by atoms with Crippen molar-refractivity contribution in [3.63, 3.8) is 0 Å². The van der Waals surface area contributed by atoms with Crippen LogP contribution >= 0.6 is 0 Å². The van der Waals surface area contributed by atoms with Crippen LogP contribution in [0.5, 0.6) is 5.75 Å². The Hall–Kier alpha value is -2.90. The maximum Gasteiger partial charge on any atom is 0.291 e. The molecule has 124 valence electrons. The Labute approximate surface area is 138 Å². The van der Waals surface area contributed by atoms with E-state index in [4.69, 9.17) is 4.74 Å². The molecule has 4 rings (SSSR count). The molecule has 1 aromatic carbocycles. The van der Waals surface area contributed by atoms with Gasteiger partial charge in [-0.05, 0) is 11.6 Å². The Bertz CT molecular complexity index is 728. The fourth-order valence-corrected chi connectivity index (χ4v) is 3.11. The number of amides is 2. The summed E-state index contributed by atoms with van der Waals surface area (Å²) in [6.07, 6.45) is 1.45. The number of aromatic nitrogens is 3. The van der Waals surface area contributed by atoms with Crippen molar-refractivity contribution in [3.8, 4) is 5.75 Å². The van der Waals surface area contributed by atoms with E-state index in [1.54, 1.807) is 9.80 Å². The summed E-state index contributed by atoms with van der Waals surface area (Å²) >= 11 is 0. The molecule has 3 heterocycles. The Morgan fingerprint density at radius 1 is 1.12 bits per heavy atom. The SMILES string of the molecule is O=C(c1ncn[nH]1)N1CCN(C(=O)[C@@H]2Cc3ccccc3O2)CC1. The summed E-state index contributed by atoms with van der Waals surface area (Å²) in [4.78, 5) is 32.2. The molecule has 0 aliphatic carbocycles. The van der Waals surface area contributed by atoms with Gasteiger partial charge in [0.15, 0.2) is 6.10 Å². The molecule has 2 aliphatic heterocycles. The van der Waals surface area contributed by atoms with E-state index in [-0.39, 0.29) is 17.6 Å². The minimum absolute atomic E-state index is 0.0158. The summed E-state index contributed by atoms with van der Waals surface area (Å²) in [7, 11) is 0. The first-order chi connectivity index (χ1) is 11.7. The molecule has 1 N–H and O–H groups in total. The molecule has 0 spiro atoms. The molecule has 24 heavy (non-hydrogen) atoms. The summed E-state index contributed by atoms with van der Waals surface area (Å²) in [6.45, 7) is 1.94. The van der Waals surface area contributed by atoms with Crippen molar-refractivity contribution in [2.24, 2.45) is 0 Å². The molecule has 0 bridgehead atoms. The van der Waals surface area contributed by atoms with Gasteiger partial charge in [0.25, 0.3) is 11.8 Å². The van der Waals surface area contributed by atoms with Crippen molar-refractivity contribution >= 4 is 11.8 Å². The van der Waals surface area contributed by atoms with Gasteiger partial charge in [-0.15, -0.1) is 0 Å². The maximum atomic E-state index is 12.6. The van der Waals surface area contributed by atoms with E-state index in [0.29, 0.717) is 32.6 Å². The minimum atomic E-state index is -0.459. The van der Waals surface area contributed by atoms with E-state index in [2.05, 4.69) is 15.2 Å². The van der Waals surface area contributed by atoms with Crippen molar-refractivity contribution < 1.29 is 14.3 Å². The van der Waals surface area contributed by atoms with Crippen LogP contribution in [0.3, 0.4) is 0 Å². The van der Waals surface area contributed by atoms with Gasteiger partial charge in [0.05, 0.1) is 0 Å². The van der Waals surface area contributed by atoms with Gasteiger partial charge in [0, 0.05) is 32.6 Å². The minimum Gasteiger partial charge on any atom is -0.480 e. The number of aromatic amines is 1. The van der Waals surface area contributed by atoms with E-state index < -0.39 is 6.10 Å². The molecule has 2 amide bonds. The van der Waals surface area contributed by atoms with Crippen molar-refractivity contribution in [2.45, 2.75) is 12.5 Å². The first-order valence-electron chi connectivity index (χ1n) is 7.90. The van der Waals surface area contributed by atoms with Crippen LogP contribution in [-0.4, -0.2) is 69.1 Å². The largest absolute Gasteiger partial charge is 0.480 e. The van der Waals surface area contributed by atoms with Crippen LogP contribution < -0.4 is 4.74 Å². The number of nitrogens with one attached hydrogen (secondary N) is 1. The first kappa shape index (κ1) is 14.7. The van der Waals surface area contributed by atoms with E-state index in [1.165, 1.54) is 6.33 Å². The molecule has 1 atom stereocenters. The lowest BCUT2D eigenvalue weighted by Gasteiger charge is -2.35.